The summed E-state index contributed by atoms with van der Waals surface area (Å²) in [6, 6.07) is 5.28. The monoisotopic (exact) mass is 283 g/mol. The van der Waals surface area contributed by atoms with Crippen LogP contribution in [-0.4, -0.2) is 21.8 Å². The molecule has 0 saturated carbocycles. The van der Waals surface area contributed by atoms with Crippen LogP contribution in [0.3, 0.4) is 0 Å². The second-order valence-corrected chi connectivity index (χ2v) is 4.17. The molecule has 16 heavy (non-hydrogen) atoms. The van der Waals surface area contributed by atoms with Gasteiger partial charge in [-0.05, 0) is 19.1 Å². The summed E-state index contributed by atoms with van der Waals surface area (Å²) < 4.78 is 6.93. The van der Waals surface area contributed by atoms with Crippen molar-refractivity contribution in [3.63, 3.8) is 0 Å². The number of hydrogen-bond acceptors (Lipinski definition) is 2. The molecule has 84 valence electrons. The Bertz CT molecular complexity index is 574. The molecule has 0 unspecified atom stereocenters. The average molecular weight is 284 g/mol. The van der Waals surface area contributed by atoms with Crippen LogP contribution < -0.4 is 4.74 Å². The fourth-order valence-electron chi connectivity index (χ4n) is 1.74. The zero-order chi connectivity index (χ0) is 11.9. The van der Waals surface area contributed by atoms with E-state index in [4.69, 9.17) is 9.84 Å². The molecule has 0 radical (unpaired) electrons. The summed E-state index contributed by atoms with van der Waals surface area (Å²) in [5.74, 6) is -0.625. The lowest BCUT2D eigenvalue weighted by molar-refractivity contribution is 0.0693. The lowest BCUT2D eigenvalue weighted by Crippen LogP contribution is -2.01. The van der Waals surface area contributed by atoms with Crippen molar-refractivity contribution in [2.24, 2.45) is 0 Å². The Labute approximate surface area is 101 Å². The van der Waals surface area contributed by atoms with Gasteiger partial charge in [-0.3, -0.25) is 3.59 Å². The summed E-state index contributed by atoms with van der Waals surface area (Å²) in [5, 5.41) is 9.99. The molecule has 1 aromatic carbocycles. The first-order chi connectivity index (χ1) is 7.56. The van der Waals surface area contributed by atoms with Crippen molar-refractivity contribution < 1.29 is 14.6 Å². The normalized spacial score (nSPS) is 10.7. The molecule has 4 nitrogen and oxygen atoms in total. The zero-order valence-electron chi connectivity index (χ0n) is 8.82. The number of hydrogen-bond donors (Lipinski definition) is 1. The average Bonchev–Trinajstić information content (AvgIpc) is 2.53. The van der Waals surface area contributed by atoms with E-state index in [-0.39, 0.29) is 5.56 Å². The Kier molecular flexibility index (Phi) is 2.63. The van der Waals surface area contributed by atoms with Gasteiger partial charge in [-0.1, -0.05) is 6.07 Å². The standard InChI is InChI=1S/C11H10BrNO3/c1-6-5-7-3-4-8(11(14)15)10(16-2)9(7)13(6)12/h3-5H,1-2H3,(H,14,15). The topological polar surface area (TPSA) is 51.5 Å². The van der Waals surface area contributed by atoms with Gasteiger partial charge in [-0.15, -0.1) is 0 Å². The molecule has 0 fully saturated rings. The lowest BCUT2D eigenvalue weighted by Gasteiger charge is -2.07. The van der Waals surface area contributed by atoms with E-state index in [1.807, 2.05) is 13.0 Å². The quantitative estimate of drug-likeness (QED) is 0.922. The number of benzene rings is 1. The van der Waals surface area contributed by atoms with Gasteiger partial charge in [0.2, 0.25) is 0 Å². The van der Waals surface area contributed by atoms with Gasteiger partial charge in [-0.2, -0.15) is 0 Å². The largest absolute Gasteiger partial charge is 0.494 e. The van der Waals surface area contributed by atoms with Crippen molar-refractivity contribution in [3.8, 4) is 5.75 Å². The third kappa shape index (κ3) is 1.48. The van der Waals surface area contributed by atoms with Gasteiger partial charge in [0.15, 0.2) is 5.75 Å². The molecule has 1 N–H and O–H groups in total. The maximum Gasteiger partial charge on any atom is 0.339 e. The predicted octanol–water partition coefficient (Wildman–Crippen LogP) is 2.81. The van der Waals surface area contributed by atoms with Crippen molar-refractivity contribution in [2.75, 3.05) is 7.11 Å². The maximum atomic E-state index is 11.0. The molecule has 0 aliphatic carbocycles. The van der Waals surface area contributed by atoms with Gasteiger partial charge < -0.3 is 9.84 Å². The fourth-order valence-corrected chi connectivity index (χ4v) is 2.21. The summed E-state index contributed by atoms with van der Waals surface area (Å²) >= 11 is 3.37. The van der Waals surface area contributed by atoms with Crippen molar-refractivity contribution in [1.29, 1.82) is 0 Å². The highest BCUT2D eigenvalue weighted by Crippen LogP contribution is 2.33. The number of aromatic nitrogens is 1. The molecule has 0 spiro atoms. The second-order valence-electron chi connectivity index (χ2n) is 3.46. The molecule has 0 amide bonds. The molecule has 2 rings (SSSR count). The van der Waals surface area contributed by atoms with E-state index in [1.54, 1.807) is 15.7 Å². The number of ether oxygens (including phenoxy) is 1. The molecule has 0 aliphatic heterocycles. The molecule has 2 aromatic rings. The minimum absolute atomic E-state index is 0.161. The Morgan fingerprint density at radius 1 is 1.50 bits per heavy atom. The number of carboxylic acid groups (broad SMARTS) is 1. The van der Waals surface area contributed by atoms with Gasteiger partial charge in [0.25, 0.3) is 0 Å². The predicted molar refractivity (Wildman–Crippen MR) is 64.5 cm³/mol. The van der Waals surface area contributed by atoms with Crippen molar-refractivity contribution >= 4 is 33.0 Å². The molecule has 0 aliphatic rings. The van der Waals surface area contributed by atoms with Gasteiger partial charge in [0, 0.05) is 11.1 Å². The first-order valence-corrected chi connectivity index (χ1v) is 5.35. The number of rotatable bonds is 2. The van der Waals surface area contributed by atoms with Crippen LogP contribution in [0.4, 0.5) is 0 Å². The number of carbonyl (C=O) groups is 1. The molecule has 0 bridgehead atoms. The maximum absolute atomic E-state index is 11.0. The minimum atomic E-state index is -0.995. The smallest absolute Gasteiger partial charge is 0.339 e. The summed E-state index contributed by atoms with van der Waals surface area (Å²) in [4.78, 5) is 11.0. The Balaban J connectivity index is 2.89. The zero-order valence-corrected chi connectivity index (χ0v) is 10.4. The molecule has 0 atom stereocenters. The van der Waals surface area contributed by atoms with Crippen molar-refractivity contribution in [3.05, 3.63) is 29.5 Å². The summed E-state index contributed by atoms with van der Waals surface area (Å²) in [5.41, 5.74) is 1.88. The van der Waals surface area contributed by atoms with E-state index < -0.39 is 5.97 Å². The first-order valence-electron chi connectivity index (χ1n) is 4.64. The van der Waals surface area contributed by atoms with Crippen LogP contribution in [0.25, 0.3) is 10.9 Å². The van der Waals surface area contributed by atoms with Crippen LogP contribution in [0.2, 0.25) is 0 Å². The molecular weight excluding hydrogens is 274 g/mol. The van der Waals surface area contributed by atoms with Crippen LogP contribution in [0.15, 0.2) is 18.2 Å². The number of fused-ring (bicyclic) bond motifs is 1. The molecule has 0 saturated heterocycles. The second kappa shape index (κ2) is 3.83. The highest BCUT2D eigenvalue weighted by atomic mass is 79.9. The molecular formula is C11H10BrNO3. The fraction of sp³-hybridized carbons (Fsp3) is 0.182. The highest BCUT2D eigenvalue weighted by Gasteiger charge is 2.17. The molecule has 5 heteroatoms. The number of aromatic carboxylic acids is 1. The van der Waals surface area contributed by atoms with Crippen LogP contribution in [-0.2, 0) is 0 Å². The summed E-state index contributed by atoms with van der Waals surface area (Å²) in [6.07, 6.45) is 0. The van der Waals surface area contributed by atoms with Crippen LogP contribution in [0.5, 0.6) is 5.75 Å². The number of carboxylic acids is 1. The van der Waals surface area contributed by atoms with Gasteiger partial charge in [-0.25, -0.2) is 4.79 Å². The van der Waals surface area contributed by atoms with E-state index in [0.29, 0.717) is 5.75 Å². The summed E-state index contributed by atoms with van der Waals surface area (Å²) in [6.45, 7) is 1.93. The van der Waals surface area contributed by atoms with Gasteiger partial charge in [0.05, 0.1) is 23.3 Å². The third-order valence-corrected chi connectivity index (χ3v) is 3.38. The van der Waals surface area contributed by atoms with Crippen LogP contribution >= 0.6 is 16.1 Å². The Morgan fingerprint density at radius 2 is 2.19 bits per heavy atom. The van der Waals surface area contributed by atoms with Gasteiger partial charge in [0.1, 0.15) is 11.1 Å². The number of halogens is 1. The van der Waals surface area contributed by atoms with E-state index in [2.05, 4.69) is 16.1 Å². The SMILES string of the molecule is COc1c(C(=O)O)ccc2cc(C)n(Br)c12. The molecule has 1 heterocycles. The van der Waals surface area contributed by atoms with Crippen molar-refractivity contribution in [2.45, 2.75) is 6.92 Å². The van der Waals surface area contributed by atoms with E-state index >= 15 is 0 Å². The Morgan fingerprint density at radius 3 is 2.75 bits per heavy atom. The van der Waals surface area contributed by atoms with Gasteiger partial charge >= 0.3 is 5.97 Å². The van der Waals surface area contributed by atoms with E-state index in [0.717, 1.165) is 16.6 Å². The van der Waals surface area contributed by atoms with Crippen LogP contribution in [0.1, 0.15) is 16.1 Å². The lowest BCUT2D eigenvalue weighted by atomic mass is 10.1. The Hall–Kier alpha value is -1.49. The third-order valence-electron chi connectivity index (χ3n) is 2.47. The number of methoxy groups -OCH3 is 1. The molecule has 1 aromatic heterocycles. The minimum Gasteiger partial charge on any atom is -0.494 e. The van der Waals surface area contributed by atoms with E-state index in [9.17, 15) is 4.79 Å². The van der Waals surface area contributed by atoms with Crippen LogP contribution in [0, 0.1) is 6.92 Å². The first kappa shape index (κ1) is 11.0. The summed E-state index contributed by atoms with van der Waals surface area (Å²) in [7, 11) is 1.47. The number of nitrogens with zero attached hydrogens (tertiary/aromatic N) is 1. The number of aryl methyl sites for hydroxylation is 1. The van der Waals surface area contributed by atoms with Crippen molar-refractivity contribution in [1.82, 2.24) is 3.59 Å². The van der Waals surface area contributed by atoms with E-state index in [1.165, 1.54) is 7.11 Å². The highest BCUT2D eigenvalue weighted by molar-refractivity contribution is 9.08.